The summed E-state index contributed by atoms with van der Waals surface area (Å²) >= 11 is 0. The van der Waals surface area contributed by atoms with E-state index in [4.69, 9.17) is 5.73 Å². The minimum absolute atomic E-state index is 0.304. The highest BCUT2D eigenvalue weighted by Crippen LogP contribution is 2.28. The summed E-state index contributed by atoms with van der Waals surface area (Å²) in [7, 11) is 0. The van der Waals surface area contributed by atoms with Gasteiger partial charge in [0.25, 0.3) is 0 Å². The normalized spacial score (nSPS) is 19.5. The zero-order valence-electron chi connectivity index (χ0n) is 11.0. The second-order valence-electron chi connectivity index (χ2n) is 5.92. The Morgan fingerprint density at radius 2 is 2.06 bits per heavy atom. The van der Waals surface area contributed by atoms with Crippen molar-refractivity contribution in [3.05, 3.63) is 0 Å². The molecule has 0 aromatic carbocycles. The highest BCUT2D eigenvalue weighted by Gasteiger charge is 2.25. The molecule has 1 amide bonds. The molecule has 4 N–H and O–H groups in total. The molecule has 0 bridgehead atoms. The Labute approximate surface area is 104 Å². The molecule has 1 fully saturated rings. The fraction of sp³-hybridized carbons (Fsp3) is 0.923. The second kappa shape index (κ2) is 6.36. The van der Waals surface area contributed by atoms with Crippen LogP contribution in [-0.2, 0) is 4.79 Å². The van der Waals surface area contributed by atoms with E-state index in [0.29, 0.717) is 19.0 Å². The van der Waals surface area contributed by atoms with E-state index < -0.39 is 5.41 Å². The van der Waals surface area contributed by atoms with Crippen molar-refractivity contribution in [3.8, 4) is 0 Å². The number of rotatable bonds is 7. The summed E-state index contributed by atoms with van der Waals surface area (Å²) in [6, 6.07) is 0. The van der Waals surface area contributed by atoms with E-state index in [1.165, 1.54) is 25.7 Å². The molecule has 1 atom stereocenters. The number of carbonyl (C=O) groups is 1. The molecule has 0 saturated heterocycles. The van der Waals surface area contributed by atoms with Gasteiger partial charge in [-0.3, -0.25) is 4.79 Å². The maximum atomic E-state index is 11.1. The number of primary amides is 1. The first-order valence-corrected chi connectivity index (χ1v) is 6.60. The number of nitrogens with two attached hydrogens (primary N) is 1. The Morgan fingerprint density at radius 3 is 2.59 bits per heavy atom. The summed E-state index contributed by atoms with van der Waals surface area (Å²) in [6.45, 7) is 4.69. The summed E-state index contributed by atoms with van der Waals surface area (Å²) in [5.41, 5.74) is 4.73. The molecule has 4 nitrogen and oxygen atoms in total. The summed E-state index contributed by atoms with van der Waals surface area (Å²) in [5.74, 6) is 0.381. The molecule has 0 radical (unpaired) electrons. The molecular formula is C13H26N2O2. The first kappa shape index (κ1) is 14.5. The number of nitrogens with one attached hydrogen (secondary N) is 1. The second-order valence-corrected chi connectivity index (χ2v) is 5.92. The Balaban J connectivity index is 2.15. The van der Waals surface area contributed by atoms with Crippen molar-refractivity contribution < 1.29 is 9.90 Å². The zero-order chi connectivity index (χ0) is 12.9. The van der Waals surface area contributed by atoms with Crippen LogP contribution >= 0.6 is 0 Å². The summed E-state index contributed by atoms with van der Waals surface area (Å²) in [4.78, 5) is 11.1. The smallest absolute Gasteiger partial charge is 0.224 e. The monoisotopic (exact) mass is 242 g/mol. The average molecular weight is 242 g/mol. The van der Waals surface area contributed by atoms with Crippen molar-refractivity contribution in [2.45, 2.75) is 52.1 Å². The van der Waals surface area contributed by atoms with Crippen molar-refractivity contribution in [3.63, 3.8) is 0 Å². The predicted molar refractivity (Wildman–Crippen MR) is 68.4 cm³/mol. The van der Waals surface area contributed by atoms with E-state index in [9.17, 15) is 9.90 Å². The predicted octanol–water partition coefficient (Wildman–Crippen LogP) is 1.03. The molecule has 0 aromatic heterocycles. The van der Waals surface area contributed by atoms with Gasteiger partial charge >= 0.3 is 0 Å². The summed E-state index contributed by atoms with van der Waals surface area (Å²) in [5, 5.41) is 13.0. The third kappa shape index (κ3) is 5.04. The SMILES string of the molecule is CC(C)(CNCC(O)CC1CCCC1)C(N)=O. The highest BCUT2D eigenvalue weighted by molar-refractivity contribution is 5.80. The Morgan fingerprint density at radius 1 is 1.47 bits per heavy atom. The lowest BCUT2D eigenvalue weighted by molar-refractivity contribution is -0.125. The van der Waals surface area contributed by atoms with Crippen LogP contribution in [0.3, 0.4) is 0 Å². The lowest BCUT2D eigenvalue weighted by Crippen LogP contribution is -2.42. The number of carbonyl (C=O) groups excluding carboxylic acids is 1. The van der Waals surface area contributed by atoms with Crippen molar-refractivity contribution in [1.82, 2.24) is 5.32 Å². The van der Waals surface area contributed by atoms with E-state index in [2.05, 4.69) is 5.32 Å². The standard InChI is InChI=1S/C13H26N2O2/c1-13(2,12(14)17)9-15-8-11(16)7-10-5-3-4-6-10/h10-11,15-16H,3-9H2,1-2H3,(H2,14,17). The minimum Gasteiger partial charge on any atom is -0.392 e. The van der Waals surface area contributed by atoms with Crippen LogP contribution < -0.4 is 11.1 Å². The molecule has 1 aliphatic rings. The van der Waals surface area contributed by atoms with Gasteiger partial charge in [-0.05, 0) is 26.2 Å². The number of aliphatic hydroxyl groups excluding tert-OH is 1. The molecule has 1 saturated carbocycles. The Bertz CT molecular complexity index is 248. The number of aliphatic hydroxyl groups is 1. The van der Waals surface area contributed by atoms with Crippen molar-refractivity contribution >= 4 is 5.91 Å². The van der Waals surface area contributed by atoms with Gasteiger partial charge in [0.1, 0.15) is 0 Å². The van der Waals surface area contributed by atoms with E-state index in [-0.39, 0.29) is 12.0 Å². The molecule has 1 unspecified atom stereocenters. The van der Waals surface area contributed by atoms with Crippen molar-refractivity contribution in [2.24, 2.45) is 17.1 Å². The lowest BCUT2D eigenvalue weighted by Gasteiger charge is -2.22. The molecule has 1 aliphatic carbocycles. The van der Waals surface area contributed by atoms with Crippen LogP contribution in [-0.4, -0.2) is 30.2 Å². The largest absolute Gasteiger partial charge is 0.392 e. The van der Waals surface area contributed by atoms with Crippen LogP contribution in [0, 0.1) is 11.3 Å². The molecule has 0 aromatic rings. The highest BCUT2D eigenvalue weighted by atomic mass is 16.3. The van der Waals surface area contributed by atoms with Gasteiger partial charge < -0.3 is 16.2 Å². The van der Waals surface area contributed by atoms with Crippen molar-refractivity contribution in [1.29, 1.82) is 0 Å². The fourth-order valence-corrected chi connectivity index (χ4v) is 2.35. The van der Waals surface area contributed by atoms with Gasteiger partial charge in [-0.2, -0.15) is 0 Å². The fourth-order valence-electron chi connectivity index (χ4n) is 2.35. The molecule has 0 heterocycles. The number of hydrogen-bond acceptors (Lipinski definition) is 3. The van der Waals surface area contributed by atoms with Crippen LogP contribution in [0.15, 0.2) is 0 Å². The van der Waals surface area contributed by atoms with Crippen LogP contribution in [0.4, 0.5) is 0 Å². The molecule has 0 aliphatic heterocycles. The van der Waals surface area contributed by atoms with Gasteiger partial charge in [0.15, 0.2) is 0 Å². The first-order chi connectivity index (χ1) is 7.92. The molecule has 0 spiro atoms. The van der Waals surface area contributed by atoms with Crippen LogP contribution in [0.5, 0.6) is 0 Å². The van der Waals surface area contributed by atoms with Gasteiger partial charge in [0, 0.05) is 13.1 Å². The molecule has 17 heavy (non-hydrogen) atoms. The van der Waals surface area contributed by atoms with E-state index in [0.717, 1.165) is 6.42 Å². The van der Waals surface area contributed by atoms with Gasteiger partial charge in [-0.1, -0.05) is 25.7 Å². The van der Waals surface area contributed by atoms with Gasteiger partial charge in [0.05, 0.1) is 11.5 Å². The molecule has 4 heteroatoms. The first-order valence-electron chi connectivity index (χ1n) is 6.60. The third-order valence-electron chi connectivity index (χ3n) is 3.69. The van der Waals surface area contributed by atoms with E-state index >= 15 is 0 Å². The minimum atomic E-state index is -0.549. The quantitative estimate of drug-likeness (QED) is 0.624. The van der Waals surface area contributed by atoms with Gasteiger partial charge in [-0.15, -0.1) is 0 Å². The number of amides is 1. The maximum absolute atomic E-state index is 11.1. The van der Waals surface area contributed by atoms with Crippen molar-refractivity contribution in [2.75, 3.05) is 13.1 Å². The van der Waals surface area contributed by atoms with Gasteiger partial charge in [-0.25, -0.2) is 0 Å². The van der Waals surface area contributed by atoms with Crippen LogP contribution in [0.1, 0.15) is 46.0 Å². The summed E-state index contributed by atoms with van der Waals surface area (Å²) < 4.78 is 0. The third-order valence-corrected chi connectivity index (χ3v) is 3.69. The summed E-state index contributed by atoms with van der Waals surface area (Å²) in [6.07, 6.45) is 5.69. The molecule has 100 valence electrons. The topological polar surface area (TPSA) is 75.3 Å². The van der Waals surface area contributed by atoms with E-state index in [1.807, 2.05) is 13.8 Å². The Hall–Kier alpha value is -0.610. The van der Waals surface area contributed by atoms with Crippen LogP contribution in [0.25, 0.3) is 0 Å². The Kier molecular flexibility index (Phi) is 5.40. The van der Waals surface area contributed by atoms with Crippen LogP contribution in [0.2, 0.25) is 0 Å². The maximum Gasteiger partial charge on any atom is 0.224 e. The lowest BCUT2D eigenvalue weighted by atomic mass is 9.92. The van der Waals surface area contributed by atoms with E-state index in [1.54, 1.807) is 0 Å². The average Bonchev–Trinajstić information content (AvgIpc) is 2.69. The molecular weight excluding hydrogens is 216 g/mol. The molecule has 1 rings (SSSR count). The zero-order valence-corrected chi connectivity index (χ0v) is 11.0. The van der Waals surface area contributed by atoms with Gasteiger partial charge in [0.2, 0.25) is 5.91 Å². The number of hydrogen-bond donors (Lipinski definition) is 3.